The van der Waals surface area contributed by atoms with E-state index in [9.17, 15) is 4.79 Å². The molecule has 1 atom stereocenters. The van der Waals surface area contributed by atoms with E-state index in [2.05, 4.69) is 15.3 Å². The molecule has 44 valence electrons. The van der Waals surface area contributed by atoms with Gasteiger partial charge in [-0.1, -0.05) is 0 Å². The molecule has 0 fully saturated rings. The second kappa shape index (κ2) is 1.56. The maximum absolute atomic E-state index is 10.1. The summed E-state index contributed by atoms with van der Waals surface area (Å²) < 4.78 is 0. The lowest BCUT2D eigenvalue weighted by Crippen LogP contribution is -2.36. The van der Waals surface area contributed by atoms with E-state index in [1.807, 2.05) is 0 Å². The molecule has 0 saturated carbocycles. The summed E-state index contributed by atoms with van der Waals surface area (Å²) in [7, 11) is 0. The summed E-state index contributed by atoms with van der Waals surface area (Å²) in [5, 5.41) is 0. The van der Waals surface area contributed by atoms with Crippen molar-refractivity contribution in [3.63, 3.8) is 0 Å². The molecule has 1 heterocycles. The van der Waals surface area contributed by atoms with Crippen molar-refractivity contribution in [2.24, 2.45) is 4.99 Å². The highest BCUT2D eigenvalue weighted by Crippen LogP contribution is 2.03. The molecule has 4 nitrogen and oxygen atoms in total. The van der Waals surface area contributed by atoms with E-state index in [0.717, 1.165) is 0 Å². The Balaban J connectivity index is 2.67. The molecule has 8 heavy (non-hydrogen) atoms. The molecule has 4 heteroatoms. The molecular formula is C4H6N2O2. The molecule has 0 spiro atoms. The minimum absolute atomic E-state index is 0.677. The van der Waals surface area contributed by atoms with Crippen LogP contribution in [0.4, 0.5) is 0 Å². The first kappa shape index (κ1) is 5.24. The zero-order valence-corrected chi connectivity index (χ0v) is 4.42. The fraction of sp³-hybridized carbons (Fsp3) is 0.500. The maximum Gasteiger partial charge on any atom is 0.198 e. The number of hydrogen-bond acceptors (Lipinski definition) is 4. The standard InChI is InChI=1S/C4H6N2O2/c1-4(2-7)5-3-8-6-4/h2-3,6H,1H3. The van der Waals surface area contributed by atoms with Gasteiger partial charge in [0.05, 0.1) is 0 Å². The van der Waals surface area contributed by atoms with Gasteiger partial charge in [-0.15, -0.1) is 5.48 Å². The Kier molecular flexibility index (Phi) is 1.02. The van der Waals surface area contributed by atoms with Gasteiger partial charge in [0.2, 0.25) is 0 Å². The van der Waals surface area contributed by atoms with Crippen molar-refractivity contribution in [2.45, 2.75) is 12.6 Å². The van der Waals surface area contributed by atoms with Crippen LogP contribution in [0.25, 0.3) is 0 Å². The largest absolute Gasteiger partial charge is 0.394 e. The number of aldehydes is 1. The van der Waals surface area contributed by atoms with Gasteiger partial charge in [0.1, 0.15) is 0 Å². The molecule has 0 aromatic heterocycles. The van der Waals surface area contributed by atoms with Gasteiger partial charge in [0, 0.05) is 0 Å². The number of nitrogens with zero attached hydrogens (tertiary/aromatic N) is 1. The second-order valence-corrected chi connectivity index (χ2v) is 1.72. The quantitative estimate of drug-likeness (QED) is 0.466. The smallest absolute Gasteiger partial charge is 0.198 e. The Morgan fingerprint density at radius 3 is 3.00 bits per heavy atom. The van der Waals surface area contributed by atoms with Gasteiger partial charge in [-0.05, 0) is 6.92 Å². The summed E-state index contributed by atoms with van der Waals surface area (Å²) in [5.41, 5.74) is 1.55. The lowest BCUT2D eigenvalue weighted by Gasteiger charge is -2.07. The Labute approximate surface area is 46.5 Å². The Hall–Kier alpha value is -0.900. The molecule has 0 aromatic rings. The van der Waals surface area contributed by atoms with Crippen LogP contribution in [0.15, 0.2) is 4.99 Å². The van der Waals surface area contributed by atoms with Gasteiger partial charge in [-0.2, -0.15) is 0 Å². The third kappa shape index (κ3) is 0.696. The number of hydroxylamine groups is 1. The summed E-state index contributed by atoms with van der Waals surface area (Å²) in [6, 6.07) is 0. The van der Waals surface area contributed by atoms with Gasteiger partial charge in [-0.3, -0.25) is 4.79 Å². The van der Waals surface area contributed by atoms with Crippen LogP contribution in [0, 0.1) is 0 Å². The summed E-state index contributed by atoms with van der Waals surface area (Å²) >= 11 is 0. The highest BCUT2D eigenvalue weighted by molar-refractivity contribution is 5.68. The van der Waals surface area contributed by atoms with Crippen LogP contribution < -0.4 is 5.48 Å². The zero-order valence-electron chi connectivity index (χ0n) is 4.42. The minimum Gasteiger partial charge on any atom is -0.394 e. The first-order chi connectivity index (χ1) is 3.77. The maximum atomic E-state index is 10.1. The van der Waals surface area contributed by atoms with Crippen molar-refractivity contribution in [2.75, 3.05) is 0 Å². The Morgan fingerprint density at radius 2 is 2.75 bits per heavy atom. The van der Waals surface area contributed by atoms with Crippen molar-refractivity contribution >= 4 is 12.7 Å². The monoisotopic (exact) mass is 114 g/mol. The number of aliphatic imine (C=N–C) groups is 1. The third-order valence-corrected chi connectivity index (χ3v) is 0.869. The SMILES string of the molecule is CC1(C=O)N=CON1. The van der Waals surface area contributed by atoms with E-state index in [-0.39, 0.29) is 0 Å². The van der Waals surface area contributed by atoms with Crippen LogP contribution in [0.1, 0.15) is 6.92 Å². The van der Waals surface area contributed by atoms with E-state index < -0.39 is 5.66 Å². The number of carbonyl (C=O) groups is 1. The molecule has 1 rings (SSSR count). The van der Waals surface area contributed by atoms with Gasteiger partial charge in [0.25, 0.3) is 0 Å². The summed E-state index contributed by atoms with van der Waals surface area (Å²) in [6.07, 6.45) is 1.88. The van der Waals surface area contributed by atoms with Crippen LogP contribution in [-0.2, 0) is 9.63 Å². The highest BCUT2D eigenvalue weighted by Gasteiger charge is 2.25. The fourth-order valence-electron chi connectivity index (χ4n) is 0.362. The first-order valence-corrected chi connectivity index (χ1v) is 2.20. The molecule has 0 radical (unpaired) electrons. The van der Waals surface area contributed by atoms with E-state index >= 15 is 0 Å². The molecule has 0 saturated heterocycles. The number of rotatable bonds is 1. The first-order valence-electron chi connectivity index (χ1n) is 2.20. The molecule has 0 amide bonds. The molecule has 0 aliphatic carbocycles. The minimum atomic E-state index is -0.847. The van der Waals surface area contributed by atoms with Crippen molar-refractivity contribution < 1.29 is 9.63 Å². The van der Waals surface area contributed by atoms with Crippen molar-refractivity contribution in [3.05, 3.63) is 0 Å². The lowest BCUT2D eigenvalue weighted by atomic mass is 10.3. The molecule has 0 aromatic carbocycles. The van der Waals surface area contributed by atoms with E-state index in [1.54, 1.807) is 6.92 Å². The van der Waals surface area contributed by atoms with Crippen LogP contribution >= 0.6 is 0 Å². The predicted molar refractivity (Wildman–Crippen MR) is 27.2 cm³/mol. The Bertz CT molecular complexity index is 134. The van der Waals surface area contributed by atoms with E-state index in [0.29, 0.717) is 6.29 Å². The van der Waals surface area contributed by atoms with Gasteiger partial charge in [0.15, 0.2) is 18.3 Å². The van der Waals surface area contributed by atoms with Crippen LogP contribution in [0.5, 0.6) is 0 Å². The lowest BCUT2D eigenvalue weighted by molar-refractivity contribution is -0.114. The van der Waals surface area contributed by atoms with Crippen molar-refractivity contribution in [3.8, 4) is 0 Å². The average molecular weight is 114 g/mol. The average Bonchev–Trinajstić information content (AvgIpc) is 2.17. The summed E-state index contributed by atoms with van der Waals surface area (Å²) in [4.78, 5) is 18.2. The highest BCUT2D eigenvalue weighted by atomic mass is 16.7. The van der Waals surface area contributed by atoms with Crippen molar-refractivity contribution in [1.29, 1.82) is 0 Å². The summed E-state index contributed by atoms with van der Waals surface area (Å²) in [6.45, 7) is 1.61. The summed E-state index contributed by atoms with van der Waals surface area (Å²) in [5.74, 6) is 0. The van der Waals surface area contributed by atoms with Crippen LogP contribution in [0.3, 0.4) is 0 Å². The molecule has 1 aliphatic rings. The number of carbonyl (C=O) groups excluding carboxylic acids is 1. The second-order valence-electron chi connectivity index (χ2n) is 1.72. The van der Waals surface area contributed by atoms with Gasteiger partial charge < -0.3 is 4.84 Å². The van der Waals surface area contributed by atoms with E-state index in [4.69, 9.17) is 0 Å². The number of nitrogens with one attached hydrogen (secondary N) is 1. The molecular weight excluding hydrogens is 108 g/mol. The van der Waals surface area contributed by atoms with Crippen molar-refractivity contribution in [1.82, 2.24) is 5.48 Å². The van der Waals surface area contributed by atoms with Gasteiger partial charge in [-0.25, -0.2) is 4.99 Å². The molecule has 1 unspecified atom stereocenters. The third-order valence-electron chi connectivity index (χ3n) is 0.869. The fourth-order valence-corrected chi connectivity index (χ4v) is 0.362. The predicted octanol–water partition coefficient (Wildman–Crippen LogP) is -0.535. The van der Waals surface area contributed by atoms with Crippen LogP contribution in [-0.4, -0.2) is 18.3 Å². The Morgan fingerprint density at radius 1 is 2.00 bits per heavy atom. The molecule has 1 N–H and O–H groups in total. The van der Waals surface area contributed by atoms with Gasteiger partial charge >= 0.3 is 0 Å². The molecule has 0 bridgehead atoms. The molecule has 1 aliphatic heterocycles. The normalized spacial score (nSPS) is 34.6. The zero-order chi connectivity index (χ0) is 6.04. The number of hydrogen-bond donors (Lipinski definition) is 1. The topological polar surface area (TPSA) is 50.7 Å². The van der Waals surface area contributed by atoms with E-state index in [1.165, 1.54) is 6.40 Å². The van der Waals surface area contributed by atoms with Crippen LogP contribution in [0.2, 0.25) is 0 Å².